The van der Waals surface area contributed by atoms with Gasteiger partial charge in [-0.25, -0.2) is 0 Å². The van der Waals surface area contributed by atoms with Crippen LogP contribution in [-0.4, -0.2) is 48.9 Å². The average molecular weight is 376 g/mol. The summed E-state index contributed by atoms with van der Waals surface area (Å²) in [4.78, 5) is 0. The molecule has 0 aliphatic carbocycles. The van der Waals surface area contributed by atoms with Crippen molar-refractivity contribution in [3.8, 4) is 0 Å². The lowest BCUT2D eigenvalue weighted by Crippen LogP contribution is -2.44. The zero-order valence-electron chi connectivity index (χ0n) is 16.5. The van der Waals surface area contributed by atoms with Crippen molar-refractivity contribution in [2.75, 3.05) is 6.61 Å². The molecule has 0 radical (unpaired) electrons. The molecule has 0 bridgehead atoms. The third kappa shape index (κ3) is 4.05. The van der Waals surface area contributed by atoms with E-state index in [0.717, 1.165) is 11.3 Å². The maximum Gasteiger partial charge on any atom is 0.191 e. The Bertz CT molecular complexity index is 698. The second kappa shape index (κ2) is 6.87. The quantitative estimate of drug-likeness (QED) is 0.750. The van der Waals surface area contributed by atoms with Gasteiger partial charge in [0.2, 0.25) is 0 Å². The summed E-state index contributed by atoms with van der Waals surface area (Å²) in [5.74, 6) is -0.552. The number of ether oxygens (including phenoxy) is 6. The van der Waals surface area contributed by atoms with Crippen LogP contribution in [0.15, 0.2) is 36.1 Å². The second-order valence-corrected chi connectivity index (χ2v) is 8.18. The molecule has 27 heavy (non-hydrogen) atoms. The smallest absolute Gasteiger partial charge is 0.191 e. The van der Waals surface area contributed by atoms with Crippen LogP contribution in [0.3, 0.4) is 0 Å². The largest absolute Gasteiger partial charge is 0.489 e. The molecule has 3 fully saturated rings. The van der Waals surface area contributed by atoms with E-state index in [1.54, 1.807) is 0 Å². The van der Waals surface area contributed by atoms with E-state index < -0.39 is 17.9 Å². The molecule has 1 aromatic rings. The van der Waals surface area contributed by atoms with Crippen LogP contribution in [0.5, 0.6) is 0 Å². The van der Waals surface area contributed by atoms with Crippen molar-refractivity contribution in [3.05, 3.63) is 41.7 Å². The van der Waals surface area contributed by atoms with Crippen LogP contribution in [0.25, 0.3) is 6.08 Å². The van der Waals surface area contributed by atoms with E-state index in [4.69, 9.17) is 28.4 Å². The van der Waals surface area contributed by atoms with Gasteiger partial charge in [-0.3, -0.25) is 0 Å². The van der Waals surface area contributed by atoms with Crippen molar-refractivity contribution in [1.29, 1.82) is 0 Å². The van der Waals surface area contributed by atoms with Gasteiger partial charge in [0.1, 0.15) is 12.2 Å². The van der Waals surface area contributed by atoms with Crippen LogP contribution >= 0.6 is 0 Å². The van der Waals surface area contributed by atoms with Gasteiger partial charge >= 0.3 is 0 Å². The number of fused-ring (bicyclic) bond motifs is 1. The van der Waals surface area contributed by atoms with Crippen molar-refractivity contribution in [1.82, 2.24) is 0 Å². The van der Waals surface area contributed by atoms with Gasteiger partial charge in [0.15, 0.2) is 30.1 Å². The molecule has 3 aliphatic heterocycles. The summed E-state index contributed by atoms with van der Waals surface area (Å²) in [6.07, 6.45) is 0.274. The average Bonchev–Trinajstić information content (AvgIpc) is 3.19. The summed E-state index contributed by atoms with van der Waals surface area (Å²) in [7, 11) is 0. The molecule has 0 amide bonds. The standard InChI is InChI=1S/C21H28O6/c1-13(11-14-9-7-6-8-10-14)23-17-16(15-12-22-20(2,3)25-15)24-19-18(17)26-21(4,5)27-19/h6-11,15-19H,12H2,1-5H3/b13-11+/t15-,16-,17+,18-,19-/m1/s1. The molecule has 6 heteroatoms. The fourth-order valence-corrected chi connectivity index (χ4v) is 3.85. The molecule has 0 N–H and O–H groups in total. The van der Waals surface area contributed by atoms with Crippen molar-refractivity contribution in [3.63, 3.8) is 0 Å². The number of rotatable bonds is 4. The molecule has 5 atom stereocenters. The molecule has 1 aromatic carbocycles. The Morgan fingerprint density at radius 1 is 1.00 bits per heavy atom. The highest BCUT2D eigenvalue weighted by Crippen LogP contribution is 2.42. The van der Waals surface area contributed by atoms with E-state index in [9.17, 15) is 0 Å². The van der Waals surface area contributed by atoms with Crippen molar-refractivity contribution >= 4 is 6.08 Å². The molecule has 0 unspecified atom stereocenters. The Morgan fingerprint density at radius 3 is 2.41 bits per heavy atom. The topological polar surface area (TPSA) is 55.4 Å². The molecular formula is C21H28O6. The number of allylic oxidation sites excluding steroid dienone is 1. The van der Waals surface area contributed by atoms with Gasteiger partial charge in [0, 0.05) is 0 Å². The fraction of sp³-hybridized carbons (Fsp3) is 0.619. The number of hydrogen-bond acceptors (Lipinski definition) is 6. The molecule has 148 valence electrons. The van der Waals surface area contributed by atoms with Crippen LogP contribution < -0.4 is 0 Å². The zero-order valence-corrected chi connectivity index (χ0v) is 16.5. The zero-order chi connectivity index (χ0) is 19.2. The predicted molar refractivity (Wildman–Crippen MR) is 98.6 cm³/mol. The highest BCUT2D eigenvalue weighted by atomic mass is 16.8. The maximum absolute atomic E-state index is 6.31. The van der Waals surface area contributed by atoms with Crippen molar-refractivity contribution < 1.29 is 28.4 Å². The lowest BCUT2D eigenvalue weighted by molar-refractivity contribution is -0.233. The minimum Gasteiger partial charge on any atom is -0.489 e. The molecule has 3 aliphatic rings. The molecular weight excluding hydrogens is 348 g/mol. The fourth-order valence-electron chi connectivity index (χ4n) is 3.85. The first-order valence-electron chi connectivity index (χ1n) is 9.45. The molecule has 6 nitrogen and oxygen atoms in total. The number of benzene rings is 1. The van der Waals surface area contributed by atoms with E-state index in [1.807, 2.05) is 71.0 Å². The Balaban J connectivity index is 1.54. The van der Waals surface area contributed by atoms with Crippen LogP contribution in [0.2, 0.25) is 0 Å². The van der Waals surface area contributed by atoms with Gasteiger partial charge in [-0.2, -0.15) is 0 Å². The van der Waals surface area contributed by atoms with Crippen LogP contribution in [0.1, 0.15) is 40.2 Å². The van der Waals surface area contributed by atoms with E-state index in [-0.39, 0.29) is 24.4 Å². The first-order valence-corrected chi connectivity index (χ1v) is 9.45. The Kier molecular flexibility index (Phi) is 4.81. The Hall–Kier alpha value is -1.44. The number of hydrogen-bond donors (Lipinski definition) is 0. The first kappa shape index (κ1) is 18.9. The summed E-state index contributed by atoms with van der Waals surface area (Å²) in [6, 6.07) is 10.1. The minimum absolute atomic E-state index is 0.240. The van der Waals surface area contributed by atoms with Crippen LogP contribution in [0, 0.1) is 0 Å². The summed E-state index contributed by atoms with van der Waals surface area (Å²) in [5.41, 5.74) is 1.08. The lowest BCUT2D eigenvalue weighted by Gasteiger charge is -2.29. The summed E-state index contributed by atoms with van der Waals surface area (Å²) in [6.45, 7) is 9.94. The second-order valence-electron chi connectivity index (χ2n) is 8.18. The molecule has 0 aromatic heterocycles. The summed E-state index contributed by atoms with van der Waals surface area (Å²) in [5, 5.41) is 0. The SMILES string of the molecule is C/C(=C\c1ccccc1)O[C@@H]1[C@H]2OC(C)(C)O[C@H]2O[C@@H]1[C@H]1COC(C)(C)O1. The monoisotopic (exact) mass is 376 g/mol. The Labute approximate surface area is 160 Å². The first-order chi connectivity index (χ1) is 12.7. The van der Waals surface area contributed by atoms with E-state index >= 15 is 0 Å². The summed E-state index contributed by atoms with van der Waals surface area (Å²) < 4.78 is 36.2. The van der Waals surface area contributed by atoms with Crippen LogP contribution in [0.4, 0.5) is 0 Å². The third-order valence-corrected chi connectivity index (χ3v) is 4.92. The highest BCUT2D eigenvalue weighted by molar-refractivity contribution is 5.50. The summed E-state index contributed by atoms with van der Waals surface area (Å²) >= 11 is 0. The predicted octanol–water partition coefficient (Wildman–Crippen LogP) is 3.46. The van der Waals surface area contributed by atoms with Gasteiger partial charge in [0.05, 0.1) is 12.4 Å². The van der Waals surface area contributed by atoms with Gasteiger partial charge in [-0.05, 0) is 46.3 Å². The highest BCUT2D eigenvalue weighted by Gasteiger charge is 2.59. The third-order valence-electron chi connectivity index (χ3n) is 4.92. The molecule has 0 saturated carbocycles. The molecule has 4 rings (SSSR count). The molecule has 3 heterocycles. The van der Waals surface area contributed by atoms with E-state index in [2.05, 4.69) is 0 Å². The van der Waals surface area contributed by atoms with Gasteiger partial charge in [0.25, 0.3) is 0 Å². The maximum atomic E-state index is 6.31. The lowest BCUT2D eigenvalue weighted by atomic mass is 10.1. The molecule has 0 spiro atoms. The van der Waals surface area contributed by atoms with Gasteiger partial charge in [-0.15, -0.1) is 0 Å². The van der Waals surface area contributed by atoms with Gasteiger partial charge < -0.3 is 28.4 Å². The van der Waals surface area contributed by atoms with Gasteiger partial charge in [-0.1, -0.05) is 30.3 Å². The van der Waals surface area contributed by atoms with Crippen LogP contribution in [-0.2, 0) is 28.4 Å². The van der Waals surface area contributed by atoms with E-state index in [0.29, 0.717) is 6.61 Å². The van der Waals surface area contributed by atoms with Crippen molar-refractivity contribution in [2.24, 2.45) is 0 Å². The van der Waals surface area contributed by atoms with E-state index in [1.165, 1.54) is 0 Å². The minimum atomic E-state index is -0.703. The normalized spacial score (nSPS) is 37.4. The molecule has 3 saturated heterocycles. The Morgan fingerprint density at radius 2 is 1.74 bits per heavy atom. The van der Waals surface area contributed by atoms with Crippen molar-refractivity contribution in [2.45, 2.75) is 76.9 Å².